The van der Waals surface area contributed by atoms with Crippen molar-refractivity contribution in [2.45, 2.75) is 6.42 Å². The Kier molecular flexibility index (Phi) is 4.28. The maximum atomic E-state index is 10.9. The highest BCUT2D eigenvalue weighted by atomic mass is 32.2. The second kappa shape index (κ2) is 5.75. The molecular weight excluding hydrogens is 254 g/mol. The molecule has 0 radical (unpaired) electrons. The van der Waals surface area contributed by atoms with Crippen molar-refractivity contribution in [3.8, 4) is 0 Å². The fraction of sp³-hybridized carbons (Fsp3) is 0.545. The van der Waals surface area contributed by atoms with Gasteiger partial charge in [0.1, 0.15) is 0 Å². The number of pyridine rings is 1. The Hall–Kier alpha value is -1.02. The van der Waals surface area contributed by atoms with Gasteiger partial charge in [0.15, 0.2) is 0 Å². The summed E-state index contributed by atoms with van der Waals surface area (Å²) in [5.74, 6) is 0. The zero-order valence-corrected chi connectivity index (χ0v) is 10.9. The standard InChI is InChI=1S/C11H17N3O3S/c15-18(16,17)14-9-7-13(8-10-14)6-3-11-1-4-12-5-2-11/h1-2,4-5H,3,6-10H2,(H,15,16,17). The summed E-state index contributed by atoms with van der Waals surface area (Å²) < 4.78 is 31.9. The van der Waals surface area contributed by atoms with Gasteiger partial charge in [0.05, 0.1) is 0 Å². The molecule has 0 spiro atoms. The van der Waals surface area contributed by atoms with Crippen LogP contribution in [0.4, 0.5) is 0 Å². The molecule has 18 heavy (non-hydrogen) atoms. The minimum atomic E-state index is -4.02. The molecule has 1 aromatic rings. The van der Waals surface area contributed by atoms with Gasteiger partial charge in [0, 0.05) is 45.1 Å². The molecule has 1 aliphatic rings. The summed E-state index contributed by atoms with van der Waals surface area (Å²) in [5.41, 5.74) is 1.22. The van der Waals surface area contributed by atoms with Crippen molar-refractivity contribution < 1.29 is 13.0 Å². The molecule has 0 atom stereocenters. The number of hydrogen-bond acceptors (Lipinski definition) is 4. The minimum Gasteiger partial charge on any atom is -0.300 e. The fourth-order valence-corrected chi connectivity index (χ4v) is 2.65. The van der Waals surface area contributed by atoms with E-state index in [4.69, 9.17) is 4.55 Å². The van der Waals surface area contributed by atoms with Crippen LogP contribution in [0.3, 0.4) is 0 Å². The Morgan fingerprint density at radius 1 is 1.17 bits per heavy atom. The Bertz CT molecular complexity index is 470. The van der Waals surface area contributed by atoms with Crippen molar-refractivity contribution >= 4 is 10.3 Å². The van der Waals surface area contributed by atoms with E-state index < -0.39 is 10.3 Å². The smallest absolute Gasteiger partial charge is 0.300 e. The number of nitrogens with zero attached hydrogens (tertiary/aromatic N) is 3. The molecule has 7 heteroatoms. The number of aromatic nitrogens is 1. The van der Waals surface area contributed by atoms with Gasteiger partial charge in [0.25, 0.3) is 0 Å². The first kappa shape index (κ1) is 13.4. The van der Waals surface area contributed by atoms with E-state index in [1.807, 2.05) is 12.1 Å². The average Bonchev–Trinajstić information content (AvgIpc) is 2.37. The SMILES string of the molecule is O=S(=O)(O)N1CCN(CCc2ccncc2)CC1. The van der Waals surface area contributed by atoms with Crippen LogP contribution < -0.4 is 0 Å². The summed E-state index contributed by atoms with van der Waals surface area (Å²) in [4.78, 5) is 6.16. The lowest BCUT2D eigenvalue weighted by molar-refractivity contribution is 0.181. The first-order valence-electron chi connectivity index (χ1n) is 5.89. The summed E-state index contributed by atoms with van der Waals surface area (Å²) in [6.45, 7) is 2.92. The molecule has 0 unspecified atom stereocenters. The molecule has 1 aliphatic heterocycles. The summed E-state index contributed by atoms with van der Waals surface area (Å²) in [6.07, 6.45) is 4.46. The molecule has 1 saturated heterocycles. The lowest BCUT2D eigenvalue weighted by atomic mass is 10.2. The number of hydrogen-bond donors (Lipinski definition) is 1. The maximum absolute atomic E-state index is 10.9. The van der Waals surface area contributed by atoms with Crippen LogP contribution in [-0.2, 0) is 16.7 Å². The zero-order chi connectivity index (χ0) is 13.0. The van der Waals surface area contributed by atoms with Crippen LogP contribution in [-0.4, -0.2) is 59.9 Å². The normalized spacial score (nSPS) is 18.9. The Morgan fingerprint density at radius 3 is 2.33 bits per heavy atom. The van der Waals surface area contributed by atoms with Gasteiger partial charge in [-0.25, -0.2) is 0 Å². The topological polar surface area (TPSA) is 73.7 Å². The van der Waals surface area contributed by atoms with Crippen LogP contribution >= 0.6 is 0 Å². The highest BCUT2D eigenvalue weighted by molar-refractivity contribution is 7.83. The molecular formula is C11H17N3O3S. The molecule has 100 valence electrons. The number of rotatable bonds is 4. The first-order valence-corrected chi connectivity index (χ1v) is 7.29. The molecule has 1 aromatic heterocycles. The molecule has 2 heterocycles. The summed E-state index contributed by atoms with van der Waals surface area (Å²) in [7, 11) is -4.02. The fourth-order valence-electron chi connectivity index (χ4n) is 2.02. The second-order valence-corrected chi connectivity index (χ2v) is 5.74. The molecule has 1 fully saturated rings. The lowest BCUT2D eigenvalue weighted by Gasteiger charge is -2.32. The second-order valence-electron chi connectivity index (χ2n) is 4.32. The Balaban J connectivity index is 1.78. The van der Waals surface area contributed by atoms with Crippen LogP contribution in [0.2, 0.25) is 0 Å². The van der Waals surface area contributed by atoms with E-state index in [0.717, 1.165) is 17.3 Å². The van der Waals surface area contributed by atoms with Crippen molar-refractivity contribution in [2.24, 2.45) is 0 Å². The Morgan fingerprint density at radius 2 is 1.78 bits per heavy atom. The third-order valence-corrected chi connectivity index (χ3v) is 4.14. The molecule has 0 aromatic carbocycles. The minimum absolute atomic E-state index is 0.356. The highest BCUT2D eigenvalue weighted by Gasteiger charge is 2.24. The molecule has 1 N–H and O–H groups in total. The van der Waals surface area contributed by atoms with Crippen LogP contribution in [0.1, 0.15) is 5.56 Å². The van der Waals surface area contributed by atoms with E-state index in [9.17, 15) is 8.42 Å². The predicted octanol–water partition coefficient (Wildman–Crippen LogP) is 0.0445. The van der Waals surface area contributed by atoms with Gasteiger partial charge < -0.3 is 4.90 Å². The van der Waals surface area contributed by atoms with Crippen LogP contribution in [0.15, 0.2) is 24.5 Å². The van der Waals surface area contributed by atoms with Crippen LogP contribution in [0, 0.1) is 0 Å². The summed E-state index contributed by atoms with van der Waals surface area (Å²) >= 11 is 0. The zero-order valence-electron chi connectivity index (χ0n) is 10.1. The van der Waals surface area contributed by atoms with Gasteiger partial charge >= 0.3 is 10.3 Å². The van der Waals surface area contributed by atoms with Gasteiger partial charge in [0.2, 0.25) is 0 Å². The van der Waals surface area contributed by atoms with E-state index >= 15 is 0 Å². The third kappa shape index (κ3) is 3.74. The van der Waals surface area contributed by atoms with Crippen LogP contribution in [0.25, 0.3) is 0 Å². The third-order valence-electron chi connectivity index (χ3n) is 3.12. The quantitative estimate of drug-likeness (QED) is 0.783. The molecule has 0 amide bonds. The van der Waals surface area contributed by atoms with Crippen molar-refractivity contribution in [3.63, 3.8) is 0 Å². The number of piperazine rings is 1. The molecule has 2 rings (SSSR count). The highest BCUT2D eigenvalue weighted by Crippen LogP contribution is 2.07. The monoisotopic (exact) mass is 271 g/mol. The largest absolute Gasteiger partial charge is 0.335 e. The van der Waals surface area contributed by atoms with E-state index in [1.54, 1.807) is 12.4 Å². The van der Waals surface area contributed by atoms with Gasteiger partial charge in [-0.3, -0.25) is 9.54 Å². The summed E-state index contributed by atoms with van der Waals surface area (Å²) in [6, 6.07) is 3.96. The average molecular weight is 271 g/mol. The molecule has 0 saturated carbocycles. The maximum Gasteiger partial charge on any atom is 0.335 e. The van der Waals surface area contributed by atoms with Crippen molar-refractivity contribution in [1.82, 2.24) is 14.2 Å². The van der Waals surface area contributed by atoms with Gasteiger partial charge in [-0.2, -0.15) is 12.7 Å². The first-order chi connectivity index (χ1) is 8.55. The molecule has 6 nitrogen and oxygen atoms in total. The van der Waals surface area contributed by atoms with Crippen molar-refractivity contribution in [1.29, 1.82) is 0 Å². The van der Waals surface area contributed by atoms with Gasteiger partial charge in [-0.05, 0) is 24.1 Å². The van der Waals surface area contributed by atoms with Crippen molar-refractivity contribution in [2.75, 3.05) is 32.7 Å². The van der Waals surface area contributed by atoms with E-state index in [-0.39, 0.29) is 0 Å². The molecule has 0 aliphatic carbocycles. The van der Waals surface area contributed by atoms with Gasteiger partial charge in [-0.15, -0.1) is 0 Å². The Labute approximate surface area is 107 Å². The van der Waals surface area contributed by atoms with Crippen LogP contribution in [0.5, 0.6) is 0 Å². The van der Waals surface area contributed by atoms with E-state index in [2.05, 4.69) is 9.88 Å². The van der Waals surface area contributed by atoms with Gasteiger partial charge in [-0.1, -0.05) is 0 Å². The van der Waals surface area contributed by atoms with Crippen molar-refractivity contribution in [3.05, 3.63) is 30.1 Å². The van der Waals surface area contributed by atoms with E-state index in [0.29, 0.717) is 26.2 Å². The lowest BCUT2D eigenvalue weighted by Crippen LogP contribution is -2.48. The predicted molar refractivity (Wildman–Crippen MR) is 67.5 cm³/mol. The summed E-state index contributed by atoms with van der Waals surface area (Å²) in [5, 5.41) is 0. The van der Waals surface area contributed by atoms with E-state index in [1.165, 1.54) is 5.56 Å². The molecule has 0 bridgehead atoms.